The van der Waals surface area contributed by atoms with Crippen LogP contribution in [0.25, 0.3) is 5.69 Å². The average Bonchev–Trinajstić information content (AvgIpc) is 3.35. The fourth-order valence-corrected chi connectivity index (χ4v) is 4.13. The Bertz CT molecular complexity index is 1260. The highest BCUT2D eigenvalue weighted by Gasteiger charge is 2.29. The zero-order valence-corrected chi connectivity index (χ0v) is 21.0. The van der Waals surface area contributed by atoms with Gasteiger partial charge in [0, 0.05) is 30.7 Å². The number of hydrogen-bond acceptors (Lipinski definition) is 8. The summed E-state index contributed by atoms with van der Waals surface area (Å²) in [6.07, 6.45) is 7.54. The highest BCUT2D eigenvalue weighted by molar-refractivity contribution is 5.98. The molecule has 4 rings (SSSR count). The minimum atomic E-state index is -0.759. The van der Waals surface area contributed by atoms with Gasteiger partial charge in [-0.05, 0) is 51.8 Å². The number of nitrogens with two attached hydrogens (primary N) is 1. The van der Waals surface area contributed by atoms with E-state index in [9.17, 15) is 14.0 Å². The maximum atomic E-state index is 14.9. The molecule has 0 radical (unpaired) electrons. The summed E-state index contributed by atoms with van der Waals surface area (Å²) in [5.41, 5.74) is 5.55. The van der Waals surface area contributed by atoms with Crippen molar-refractivity contribution in [1.29, 1.82) is 0 Å². The van der Waals surface area contributed by atoms with E-state index < -0.39 is 23.4 Å². The van der Waals surface area contributed by atoms with Crippen molar-refractivity contribution in [2.24, 2.45) is 5.73 Å². The molecule has 196 valence electrons. The van der Waals surface area contributed by atoms with Crippen LogP contribution in [0, 0.1) is 5.82 Å². The van der Waals surface area contributed by atoms with Gasteiger partial charge in [0.15, 0.2) is 0 Å². The van der Waals surface area contributed by atoms with Crippen LogP contribution in [-0.2, 0) is 4.74 Å². The first-order valence-electron chi connectivity index (χ1n) is 12.1. The zero-order valence-electron chi connectivity index (χ0n) is 21.0. The van der Waals surface area contributed by atoms with Crippen molar-refractivity contribution in [2.45, 2.75) is 64.1 Å². The molecule has 2 aromatic heterocycles. The molecule has 0 spiro atoms. The van der Waals surface area contributed by atoms with E-state index in [4.69, 9.17) is 10.5 Å². The SMILES string of the molecule is CC(C)(C)OC(=O)N[C@H]1CCCCC1Nc1ncc(C(N)=O)c(Nc2ccc(-n3cccn3)cc2F)n1. The van der Waals surface area contributed by atoms with Crippen molar-refractivity contribution in [2.75, 3.05) is 10.6 Å². The average molecular weight is 511 g/mol. The Morgan fingerprint density at radius 2 is 1.95 bits per heavy atom. The van der Waals surface area contributed by atoms with Crippen molar-refractivity contribution in [3.8, 4) is 5.69 Å². The molecule has 3 aromatic rings. The van der Waals surface area contributed by atoms with Gasteiger partial charge in [0.1, 0.15) is 22.8 Å². The number of nitrogens with one attached hydrogen (secondary N) is 3. The first-order chi connectivity index (χ1) is 17.6. The molecule has 0 saturated heterocycles. The van der Waals surface area contributed by atoms with Gasteiger partial charge in [0.2, 0.25) is 5.95 Å². The van der Waals surface area contributed by atoms with Gasteiger partial charge in [-0.3, -0.25) is 4.79 Å². The summed E-state index contributed by atoms with van der Waals surface area (Å²) in [6, 6.07) is 5.88. The molecule has 1 aliphatic carbocycles. The summed E-state index contributed by atoms with van der Waals surface area (Å²) in [5.74, 6) is -1.05. The Morgan fingerprint density at radius 1 is 1.19 bits per heavy atom. The Kier molecular flexibility index (Phi) is 7.55. The van der Waals surface area contributed by atoms with Gasteiger partial charge in [0.05, 0.1) is 17.4 Å². The third kappa shape index (κ3) is 6.72. The summed E-state index contributed by atoms with van der Waals surface area (Å²) >= 11 is 0. The molecule has 1 aliphatic rings. The Hall–Kier alpha value is -4.22. The van der Waals surface area contributed by atoms with Crippen LogP contribution < -0.4 is 21.7 Å². The van der Waals surface area contributed by atoms with Gasteiger partial charge in [0.25, 0.3) is 5.91 Å². The fourth-order valence-electron chi connectivity index (χ4n) is 4.13. The number of carbonyl (C=O) groups excluding carboxylic acids is 2. The van der Waals surface area contributed by atoms with Crippen LogP contribution in [0.15, 0.2) is 42.9 Å². The van der Waals surface area contributed by atoms with E-state index >= 15 is 0 Å². The topological polar surface area (TPSA) is 149 Å². The van der Waals surface area contributed by atoms with E-state index in [2.05, 4.69) is 31.0 Å². The normalized spacial score (nSPS) is 17.6. The van der Waals surface area contributed by atoms with Crippen molar-refractivity contribution < 1.29 is 18.7 Å². The van der Waals surface area contributed by atoms with Crippen LogP contribution in [0.4, 0.5) is 26.6 Å². The largest absolute Gasteiger partial charge is 0.444 e. The first-order valence-corrected chi connectivity index (χ1v) is 12.1. The van der Waals surface area contributed by atoms with E-state index in [-0.39, 0.29) is 35.1 Å². The first kappa shape index (κ1) is 25.9. The summed E-state index contributed by atoms with van der Waals surface area (Å²) < 4.78 is 21.8. The molecule has 0 bridgehead atoms. The number of nitrogens with zero attached hydrogens (tertiary/aromatic N) is 4. The Balaban J connectivity index is 1.53. The molecule has 1 fully saturated rings. The van der Waals surface area contributed by atoms with Gasteiger partial charge in [-0.25, -0.2) is 18.9 Å². The van der Waals surface area contributed by atoms with Crippen LogP contribution in [0.1, 0.15) is 56.8 Å². The van der Waals surface area contributed by atoms with E-state index in [0.29, 0.717) is 5.69 Å². The number of anilines is 3. The predicted molar refractivity (Wildman–Crippen MR) is 136 cm³/mol. The van der Waals surface area contributed by atoms with Crippen LogP contribution in [-0.4, -0.2) is 49.4 Å². The molecule has 1 aromatic carbocycles. The third-order valence-electron chi connectivity index (χ3n) is 5.81. The zero-order chi connectivity index (χ0) is 26.6. The van der Waals surface area contributed by atoms with Gasteiger partial charge >= 0.3 is 6.09 Å². The van der Waals surface area contributed by atoms with Crippen molar-refractivity contribution in [3.63, 3.8) is 0 Å². The third-order valence-corrected chi connectivity index (χ3v) is 5.81. The lowest BCUT2D eigenvalue weighted by Crippen LogP contribution is -2.50. The van der Waals surface area contributed by atoms with Crippen molar-refractivity contribution >= 4 is 29.5 Å². The lowest BCUT2D eigenvalue weighted by molar-refractivity contribution is 0.0488. The number of alkyl carbamates (subject to hydrolysis) is 1. The minimum Gasteiger partial charge on any atom is -0.444 e. The monoisotopic (exact) mass is 510 g/mol. The number of amides is 2. The van der Waals surface area contributed by atoms with E-state index in [1.165, 1.54) is 23.0 Å². The van der Waals surface area contributed by atoms with Crippen LogP contribution >= 0.6 is 0 Å². The molecule has 2 amide bonds. The lowest BCUT2D eigenvalue weighted by Gasteiger charge is -2.33. The molecule has 2 atom stereocenters. The number of benzene rings is 1. The van der Waals surface area contributed by atoms with Gasteiger partial charge in [-0.1, -0.05) is 12.8 Å². The molecule has 1 unspecified atom stereocenters. The second-order valence-electron chi connectivity index (χ2n) is 9.85. The number of hydrogen-bond donors (Lipinski definition) is 4. The molecule has 37 heavy (non-hydrogen) atoms. The highest BCUT2D eigenvalue weighted by atomic mass is 19.1. The lowest BCUT2D eigenvalue weighted by atomic mass is 9.90. The molecular formula is C25H31FN8O3. The minimum absolute atomic E-state index is 0.00757. The van der Waals surface area contributed by atoms with Gasteiger partial charge < -0.3 is 26.4 Å². The second-order valence-corrected chi connectivity index (χ2v) is 9.85. The van der Waals surface area contributed by atoms with E-state index in [1.54, 1.807) is 45.3 Å². The quantitative estimate of drug-likeness (QED) is 0.374. The summed E-state index contributed by atoms with van der Waals surface area (Å²) in [4.78, 5) is 33.0. The Morgan fingerprint density at radius 3 is 2.59 bits per heavy atom. The molecule has 0 aliphatic heterocycles. The van der Waals surface area contributed by atoms with Gasteiger partial charge in [-0.15, -0.1) is 0 Å². The summed E-state index contributed by atoms with van der Waals surface area (Å²) in [7, 11) is 0. The number of halogens is 1. The molecule has 11 nitrogen and oxygen atoms in total. The molecular weight excluding hydrogens is 479 g/mol. The Labute approximate surface area is 214 Å². The highest BCUT2D eigenvalue weighted by Crippen LogP contribution is 2.26. The maximum Gasteiger partial charge on any atom is 0.407 e. The van der Waals surface area contributed by atoms with Crippen molar-refractivity contribution in [1.82, 2.24) is 25.1 Å². The molecule has 5 N–H and O–H groups in total. The number of primary amides is 1. The summed E-state index contributed by atoms with van der Waals surface area (Å²) in [6.45, 7) is 5.42. The number of ether oxygens (including phenoxy) is 1. The molecule has 12 heteroatoms. The number of rotatable bonds is 7. The van der Waals surface area contributed by atoms with Crippen LogP contribution in [0.2, 0.25) is 0 Å². The van der Waals surface area contributed by atoms with Crippen LogP contribution in [0.3, 0.4) is 0 Å². The number of aromatic nitrogens is 4. The second kappa shape index (κ2) is 10.8. The summed E-state index contributed by atoms with van der Waals surface area (Å²) in [5, 5.41) is 13.1. The molecule has 2 heterocycles. The maximum absolute atomic E-state index is 14.9. The van der Waals surface area contributed by atoms with Crippen molar-refractivity contribution in [3.05, 3.63) is 54.2 Å². The van der Waals surface area contributed by atoms with Crippen LogP contribution in [0.5, 0.6) is 0 Å². The number of carbonyl (C=O) groups is 2. The molecule has 1 saturated carbocycles. The predicted octanol–water partition coefficient (Wildman–Crippen LogP) is 3.89. The standard InChI is InChI=1S/C25H31FN8O3/c1-25(2,3)37-24(36)32-20-8-5-4-7-19(20)31-23-28-14-16(21(27)35)22(33-23)30-18-10-9-15(13-17(18)26)34-12-6-11-29-34/h6,9-14,19-20H,4-5,7-8H2,1-3H3,(H2,27,35)(H,32,36)(H2,28,30,31,33)/t19?,20-/m0/s1. The van der Waals surface area contributed by atoms with Gasteiger partial charge in [-0.2, -0.15) is 10.1 Å². The van der Waals surface area contributed by atoms with E-state index in [1.807, 2.05) is 0 Å². The smallest absolute Gasteiger partial charge is 0.407 e. The fraction of sp³-hybridized carbons (Fsp3) is 0.400. The van der Waals surface area contributed by atoms with E-state index in [0.717, 1.165) is 25.7 Å².